The van der Waals surface area contributed by atoms with Crippen molar-refractivity contribution in [3.05, 3.63) is 42.5 Å². The van der Waals surface area contributed by atoms with E-state index in [1.165, 1.54) is 6.08 Å². The molecular formula is C12H16O2S. The molecule has 0 saturated carbocycles. The van der Waals surface area contributed by atoms with Gasteiger partial charge in [-0.15, -0.1) is 6.58 Å². The molecule has 0 amide bonds. The van der Waals surface area contributed by atoms with Crippen LogP contribution in [0.5, 0.6) is 0 Å². The summed E-state index contributed by atoms with van der Waals surface area (Å²) in [6, 6.07) is 7.14. The van der Waals surface area contributed by atoms with Gasteiger partial charge in [0.25, 0.3) is 0 Å². The zero-order valence-electron chi connectivity index (χ0n) is 9.10. The Morgan fingerprint density at radius 3 is 2.47 bits per heavy atom. The van der Waals surface area contributed by atoms with E-state index < -0.39 is 9.84 Å². The fraction of sp³-hybridized carbons (Fsp3) is 0.333. The quantitative estimate of drug-likeness (QED) is 0.737. The predicted octanol–water partition coefficient (Wildman–Crippen LogP) is 2.77. The number of hydrogen-bond acceptors (Lipinski definition) is 2. The number of benzene rings is 1. The summed E-state index contributed by atoms with van der Waals surface area (Å²) >= 11 is 0. The molecule has 2 nitrogen and oxygen atoms in total. The Labute approximate surface area is 91.6 Å². The van der Waals surface area contributed by atoms with Crippen molar-refractivity contribution < 1.29 is 8.42 Å². The smallest absolute Gasteiger partial charge is 0.182 e. The summed E-state index contributed by atoms with van der Waals surface area (Å²) in [6.07, 6.45) is 1.42. The lowest BCUT2D eigenvalue weighted by Crippen LogP contribution is -2.08. The maximum Gasteiger partial charge on any atom is 0.182 e. The molecule has 0 aliphatic heterocycles. The maximum absolute atomic E-state index is 11.9. The SMILES string of the molecule is C=CCS(=O)(=O)c1ccccc1C(C)C. The lowest BCUT2D eigenvalue weighted by atomic mass is 10.0. The largest absolute Gasteiger partial charge is 0.223 e. The molecule has 1 aromatic rings. The predicted molar refractivity (Wildman–Crippen MR) is 62.8 cm³/mol. The minimum absolute atomic E-state index is 0.00324. The van der Waals surface area contributed by atoms with Gasteiger partial charge in [0, 0.05) is 0 Å². The van der Waals surface area contributed by atoms with Crippen molar-refractivity contribution in [2.24, 2.45) is 0 Å². The molecule has 0 aromatic heterocycles. The molecule has 15 heavy (non-hydrogen) atoms. The zero-order valence-corrected chi connectivity index (χ0v) is 9.92. The molecule has 1 aromatic carbocycles. The van der Waals surface area contributed by atoms with Gasteiger partial charge in [0.1, 0.15) is 0 Å². The zero-order chi connectivity index (χ0) is 11.5. The van der Waals surface area contributed by atoms with Crippen LogP contribution in [-0.4, -0.2) is 14.2 Å². The molecule has 0 unspecified atom stereocenters. The van der Waals surface area contributed by atoms with Crippen LogP contribution in [0.4, 0.5) is 0 Å². The summed E-state index contributed by atoms with van der Waals surface area (Å²) in [5, 5.41) is 0. The van der Waals surface area contributed by atoms with E-state index in [2.05, 4.69) is 6.58 Å². The standard InChI is InChI=1S/C12H16O2S/c1-4-9-15(13,14)12-8-6-5-7-11(12)10(2)3/h4-8,10H,1,9H2,2-3H3. The summed E-state index contributed by atoms with van der Waals surface area (Å²) in [4.78, 5) is 0.430. The van der Waals surface area contributed by atoms with Crippen molar-refractivity contribution in [3.8, 4) is 0 Å². The Balaban J connectivity index is 3.31. The highest BCUT2D eigenvalue weighted by molar-refractivity contribution is 7.91. The molecule has 0 N–H and O–H groups in total. The molecule has 0 bridgehead atoms. The van der Waals surface area contributed by atoms with Gasteiger partial charge in [-0.25, -0.2) is 8.42 Å². The van der Waals surface area contributed by atoms with Crippen LogP contribution in [0.1, 0.15) is 25.3 Å². The minimum atomic E-state index is -3.20. The molecule has 0 saturated heterocycles. The first kappa shape index (κ1) is 12.0. The van der Waals surface area contributed by atoms with Crippen molar-refractivity contribution in [2.75, 3.05) is 5.75 Å². The van der Waals surface area contributed by atoms with Crippen molar-refractivity contribution >= 4 is 9.84 Å². The Morgan fingerprint density at radius 1 is 1.33 bits per heavy atom. The maximum atomic E-state index is 11.9. The third-order valence-corrected chi connectivity index (χ3v) is 3.93. The van der Waals surface area contributed by atoms with Gasteiger partial charge in [-0.05, 0) is 17.5 Å². The van der Waals surface area contributed by atoms with Gasteiger partial charge in [0.2, 0.25) is 0 Å². The van der Waals surface area contributed by atoms with E-state index in [9.17, 15) is 8.42 Å². The van der Waals surface area contributed by atoms with Crippen molar-refractivity contribution in [3.63, 3.8) is 0 Å². The van der Waals surface area contributed by atoms with Gasteiger partial charge < -0.3 is 0 Å². The van der Waals surface area contributed by atoms with E-state index in [4.69, 9.17) is 0 Å². The Kier molecular flexibility index (Phi) is 3.69. The number of sulfone groups is 1. The van der Waals surface area contributed by atoms with E-state index in [0.717, 1.165) is 5.56 Å². The van der Waals surface area contributed by atoms with Crippen LogP contribution in [-0.2, 0) is 9.84 Å². The summed E-state index contributed by atoms with van der Waals surface area (Å²) in [5.74, 6) is 0.206. The molecule has 82 valence electrons. The second kappa shape index (κ2) is 4.62. The fourth-order valence-electron chi connectivity index (χ4n) is 1.49. The van der Waals surface area contributed by atoms with Gasteiger partial charge in [0.15, 0.2) is 9.84 Å². The summed E-state index contributed by atoms with van der Waals surface area (Å²) in [7, 11) is -3.20. The molecule has 0 fully saturated rings. The molecule has 1 rings (SSSR count). The topological polar surface area (TPSA) is 34.1 Å². The summed E-state index contributed by atoms with van der Waals surface area (Å²) in [5.41, 5.74) is 0.874. The van der Waals surface area contributed by atoms with Gasteiger partial charge in [-0.2, -0.15) is 0 Å². The number of hydrogen-bond donors (Lipinski definition) is 0. The lowest BCUT2D eigenvalue weighted by molar-refractivity contribution is 0.596. The second-order valence-electron chi connectivity index (χ2n) is 3.76. The molecule has 3 heteroatoms. The average Bonchev–Trinajstić information content (AvgIpc) is 2.17. The highest BCUT2D eigenvalue weighted by atomic mass is 32.2. The summed E-state index contributed by atoms with van der Waals surface area (Å²) < 4.78 is 23.8. The van der Waals surface area contributed by atoms with Crippen LogP contribution in [0.15, 0.2) is 41.8 Å². The normalized spacial score (nSPS) is 11.7. The third-order valence-electron chi connectivity index (χ3n) is 2.21. The number of rotatable bonds is 4. The van der Waals surface area contributed by atoms with Crippen LogP contribution in [0.25, 0.3) is 0 Å². The average molecular weight is 224 g/mol. The molecule has 0 atom stereocenters. The first-order valence-corrected chi connectivity index (χ1v) is 6.57. The lowest BCUT2D eigenvalue weighted by Gasteiger charge is -2.11. The van der Waals surface area contributed by atoms with Crippen molar-refractivity contribution in [1.29, 1.82) is 0 Å². The highest BCUT2D eigenvalue weighted by Gasteiger charge is 2.17. The minimum Gasteiger partial charge on any atom is -0.223 e. The van der Waals surface area contributed by atoms with Gasteiger partial charge in [-0.1, -0.05) is 38.1 Å². The molecule has 0 aliphatic rings. The van der Waals surface area contributed by atoms with Crippen LogP contribution < -0.4 is 0 Å². The van der Waals surface area contributed by atoms with E-state index in [-0.39, 0.29) is 11.7 Å². The van der Waals surface area contributed by atoms with Crippen LogP contribution in [0, 0.1) is 0 Å². The van der Waals surface area contributed by atoms with Crippen LogP contribution in [0.3, 0.4) is 0 Å². The van der Waals surface area contributed by atoms with E-state index in [1.54, 1.807) is 12.1 Å². The monoisotopic (exact) mass is 224 g/mol. The third kappa shape index (κ3) is 2.69. The second-order valence-corrected chi connectivity index (χ2v) is 5.77. The van der Waals surface area contributed by atoms with Gasteiger partial charge in [-0.3, -0.25) is 0 Å². The van der Waals surface area contributed by atoms with Crippen LogP contribution in [0.2, 0.25) is 0 Å². The van der Waals surface area contributed by atoms with Gasteiger partial charge >= 0.3 is 0 Å². The molecule has 0 aliphatic carbocycles. The molecule has 0 radical (unpaired) electrons. The summed E-state index contributed by atoms with van der Waals surface area (Å²) in [6.45, 7) is 7.44. The van der Waals surface area contributed by atoms with Crippen molar-refractivity contribution in [1.82, 2.24) is 0 Å². The molecular weight excluding hydrogens is 208 g/mol. The fourth-order valence-corrected chi connectivity index (χ4v) is 2.92. The van der Waals surface area contributed by atoms with E-state index >= 15 is 0 Å². The van der Waals surface area contributed by atoms with E-state index in [0.29, 0.717) is 4.90 Å². The molecule has 0 heterocycles. The Hall–Kier alpha value is -1.09. The first-order chi connectivity index (χ1) is 6.99. The van der Waals surface area contributed by atoms with E-state index in [1.807, 2.05) is 26.0 Å². The van der Waals surface area contributed by atoms with Gasteiger partial charge in [0.05, 0.1) is 10.6 Å². The Morgan fingerprint density at radius 2 is 1.93 bits per heavy atom. The van der Waals surface area contributed by atoms with Crippen molar-refractivity contribution in [2.45, 2.75) is 24.7 Å². The first-order valence-electron chi connectivity index (χ1n) is 4.91. The molecule has 0 spiro atoms. The highest BCUT2D eigenvalue weighted by Crippen LogP contribution is 2.24. The Bertz CT molecular complexity index is 444. The van der Waals surface area contributed by atoms with Crippen LogP contribution >= 0.6 is 0 Å².